The van der Waals surface area contributed by atoms with Crippen LogP contribution in [0.25, 0.3) is 0 Å². The molecule has 2 aliphatic rings. The van der Waals surface area contributed by atoms with Gasteiger partial charge in [0.05, 0.1) is 12.8 Å². The highest BCUT2D eigenvalue weighted by molar-refractivity contribution is 14.0. The number of nitrogens with one attached hydrogen (secondary N) is 2. The SMILES string of the molecule is CCCN1CCC(CNC(=NC)NC2CCN(c3ccccc3OC)C2)C1.I. The highest BCUT2D eigenvalue weighted by atomic mass is 127. The second-order valence-electron chi connectivity index (χ2n) is 7.66. The monoisotopic (exact) mass is 501 g/mol. The zero-order valence-corrected chi connectivity index (χ0v) is 19.8. The van der Waals surface area contributed by atoms with E-state index in [1.54, 1.807) is 7.11 Å². The molecule has 3 rings (SSSR count). The molecule has 1 aromatic carbocycles. The number of nitrogens with zero attached hydrogens (tertiary/aromatic N) is 3. The Morgan fingerprint density at radius 1 is 1.21 bits per heavy atom. The Kier molecular flexibility index (Phi) is 9.64. The molecular weight excluding hydrogens is 465 g/mol. The number of anilines is 1. The number of guanidine groups is 1. The molecular formula is C21H36IN5O. The maximum Gasteiger partial charge on any atom is 0.191 e. The molecule has 2 heterocycles. The summed E-state index contributed by atoms with van der Waals surface area (Å²) in [5.41, 5.74) is 1.18. The van der Waals surface area contributed by atoms with Crippen molar-refractivity contribution in [3.8, 4) is 5.75 Å². The lowest BCUT2D eigenvalue weighted by Gasteiger charge is -2.22. The van der Waals surface area contributed by atoms with Crippen LogP contribution in [0.3, 0.4) is 0 Å². The van der Waals surface area contributed by atoms with E-state index >= 15 is 0 Å². The predicted molar refractivity (Wildman–Crippen MR) is 128 cm³/mol. The second-order valence-corrected chi connectivity index (χ2v) is 7.66. The van der Waals surface area contributed by atoms with Gasteiger partial charge in [-0.15, -0.1) is 24.0 Å². The van der Waals surface area contributed by atoms with Crippen molar-refractivity contribution in [2.75, 3.05) is 58.3 Å². The van der Waals surface area contributed by atoms with Gasteiger partial charge in [-0.2, -0.15) is 0 Å². The minimum atomic E-state index is 0. The molecule has 2 N–H and O–H groups in total. The largest absolute Gasteiger partial charge is 0.495 e. The van der Waals surface area contributed by atoms with Crippen LogP contribution in [0.2, 0.25) is 0 Å². The van der Waals surface area contributed by atoms with Crippen LogP contribution in [-0.2, 0) is 0 Å². The van der Waals surface area contributed by atoms with Crippen molar-refractivity contribution in [3.05, 3.63) is 24.3 Å². The Bertz CT molecular complexity index is 627. The van der Waals surface area contributed by atoms with Crippen molar-refractivity contribution < 1.29 is 4.74 Å². The Hall–Kier alpha value is -1.22. The molecule has 2 fully saturated rings. The van der Waals surface area contributed by atoms with Crippen LogP contribution >= 0.6 is 24.0 Å². The Morgan fingerprint density at radius 2 is 2.04 bits per heavy atom. The molecule has 0 amide bonds. The Labute approximate surface area is 187 Å². The van der Waals surface area contributed by atoms with Crippen LogP contribution < -0.4 is 20.3 Å². The number of halogens is 1. The van der Waals surface area contributed by atoms with Crippen LogP contribution in [0, 0.1) is 5.92 Å². The minimum Gasteiger partial charge on any atom is -0.495 e. The van der Waals surface area contributed by atoms with Gasteiger partial charge in [0.15, 0.2) is 5.96 Å². The molecule has 158 valence electrons. The van der Waals surface area contributed by atoms with Crippen molar-refractivity contribution in [3.63, 3.8) is 0 Å². The normalized spacial score (nSPS) is 22.8. The quantitative estimate of drug-likeness (QED) is 0.342. The van der Waals surface area contributed by atoms with E-state index in [2.05, 4.69) is 44.5 Å². The zero-order valence-electron chi connectivity index (χ0n) is 17.5. The summed E-state index contributed by atoms with van der Waals surface area (Å²) < 4.78 is 5.51. The van der Waals surface area contributed by atoms with Gasteiger partial charge in [0.2, 0.25) is 0 Å². The van der Waals surface area contributed by atoms with E-state index in [1.807, 2.05) is 19.2 Å². The molecule has 0 aliphatic carbocycles. The van der Waals surface area contributed by atoms with Crippen molar-refractivity contribution in [1.29, 1.82) is 0 Å². The number of likely N-dealkylation sites (tertiary alicyclic amines) is 1. The predicted octanol–water partition coefficient (Wildman–Crippen LogP) is 2.79. The molecule has 7 heteroatoms. The van der Waals surface area contributed by atoms with Crippen LogP contribution in [0.4, 0.5) is 5.69 Å². The molecule has 2 atom stereocenters. The lowest BCUT2D eigenvalue weighted by molar-refractivity contribution is 0.324. The minimum absolute atomic E-state index is 0. The van der Waals surface area contributed by atoms with Crippen LogP contribution in [0.5, 0.6) is 5.75 Å². The van der Waals surface area contributed by atoms with Crippen LogP contribution in [-0.4, -0.2) is 70.3 Å². The van der Waals surface area contributed by atoms with E-state index in [-0.39, 0.29) is 24.0 Å². The second kappa shape index (κ2) is 11.7. The van der Waals surface area contributed by atoms with E-state index in [4.69, 9.17) is 4.74 Å². The maximum atomic E-state index is 5.51. The third-order valence-corrected chi connectivity index (χ3v) is 5.65. The Balaban J connectivity index is 0.00000280. The van der Waals surface area contributed by atoms with Crippen LogP contribution in [0.1, 0.15) is 26.2 Å². The molecule has 2 aliphatic heterocycles. The van der Waals surface area contributed by atoms with Gasteiger partial charge in [0.1, 0.15) is 5.75 Å². The van der Waals surface area contributed by atoms with Gasteiger partial charge in [0.25, 0.3) is 0 Å². The zero-order chi connectivity index (χ0) is 19.1. The number of benzene rings is 1. The van der Waals surface area contributed by atoms with E-state index < -0.39 is 0 Å². The average molecular weight is 501 g/mol. The summed E-state index contributed by atoms with van der Waals surface area (Å²) in [7, 11) is 3.60. The molecule has 2 saturated heterocycles. The number of hydrogen-bond acceptors (Lipinski definition) is 4. The lowest BCUT2D eigenvalue weighted by atomic mass is 10.1. The summed E-state index contributed by atoms with van der Waals surface area (Å²) in [5.74, 6) is 2.60. The van der Waals surface area contributed by atoms with Crippen molar-refractivity contribution >= 4 is 35.6 Å². The van der Waals surface area contributed by atoms with E-state index in [1.165, 1.54) is 38.2 Å². The number of methoxy groups -OCH3 is 1. The standard InChI is InChI=1S/C21H35N5O.HI/c1-4-11-25-12-9-17(15-25)14-23-21(22-2)24-18-10-13-26(16-18)19-7-5-6-8-20(19)27-3;/h5-8,17-18H,4,9-16H2,1-3H3,(H2,22,23,24);1H. The molecule has 1 aromatic rings. The summed E-state index contributed by atoms with van der Waals surface area (Å²) in [6.07, 6.45) is 3.63. The fraction of sp³-hybridized carbons (Fsp3) is 0.667. The lowest BCUT2D eigenvalue weighted by Crippen LogP contribution is -2.46. The smallest absolute Gasteiger partial charge is 0.191 e. The number of rotatable bonds is 7. The number of hydrogen-bond donors (Lipinski definition) is 2. The van der Waals surface area contributed by atoms with Crippen molar-refractivity contribution in [2.45, 2.75) is 32.2 Å². The topological polar surface area (TPSA) is 52.1 Å². The average Bonchev–Trinajstić information content (AvgIpc) is 3.35. The number of ether oxygens (including phenoxy) is 1. The Morgan fingerprint density at radius 3 is 2.79 bits per heavy atom. The third kappa shape index (κ3) is 6.14. The molecule has 0 spiro atoms. The summed E-state index contributed by atoms with van der Waals surface area (Å²) in [6.45, 7) is 8.93. The summed E-state index contributed by atoms with van der Waals surface area (Å²) in [6, 6.07) is 8.66. The van der Waals surface area contributed by atoms with Crippen molar-refractivity contribution in [1.82, 2.24) is 15.5 Å². The van der Waals surface area contributed by atoms with E-state index in [0.717, 1.165) is 43.7 Å². The van der Waals surface area contributed by atoms with E-state index in [0.29, 0.717) is 6.04 Å². The molecule has 6 nitrogen and oxygen atoms in total. The third-order valence-electron chi connectivity index (χ3n) is 5.65. The molecule has 0 saturated carbocycles. The van der Waals surface area contributed by atoms with Gasteiger partial charge < -0.3 is 25.2 Å². The maximum absolute atomic E-state index is 5.51. The van der Waals surface area contributed by atoms with Gasteiger partial charge in [0, 0.05) is 39.3 Å². The number of aliphatic imine (C=N–C) groups is 1. The number of para-hydroxylation sites is 2. The molecule has 28 heavy (non-hydrogen) atoms. The van der Waals surface area contributed by atoms with Crippen molar-refractivity contribution in [2.24, 2.45) is 10.9 Å². The van der Waals surface area contributed by atoms with E-state index in [9.17, 15) is 0 Å². The molecule has 0 aromatic heterocycles. The van der Waals surface area contributed by atoms with Gasteiger partial charge in [-0.25, -0.2) is 0 Å². The first-order valence-corrected chi connectivity index (χ1v) is 10.3. The fourth-order valence-electron chi connectivity index (χ4n) is 4.22. The van der Waals surface area contributed by atoms with Gasteiger partial charge in [-0.05, 0) is 50.4 Å². The summed E-state index contributed by atoms with van der Waals surface area (Å²) in [5, 5.41) is 7.15. The summed E-state index contributed by atoms with van der Waals surface area (Å²) >= 11 is 0. The van der Waals surface area contributed by atoms with Gasteiger partial charge >= 0.3 is 0 Å². The van der Waals surface area contributed by atoms with Gasteiger partial charge in [-0.1, -0.05) is 19.1 Å². The first-order chi connectivity index (χ1) is 13.2. The first-order valence-electron chi connectivity index (χ1n) is 10.3. The highest BCUT2D eigenvalue weighted by Crippen LogP contribution is 2.30. The molecule has 2 unspecified atom stereocenters. The first kappa shape index (κ1) is 23.1. The molecule has 0 bridgehead atoms. The van der Waals surface area contributed by atoms with Gasteiger partial charge in [-0.3, -0.25) is 4.99 Å². The highest BCUT2D eigenvalue weighted by Gasteiger charge is 2.26. The summed E-state index contributed by atoms with van der Waals surface area (Å²) in [4.78, 5) is 9.40. The fourth-order valence-corrected chi connectivity index (χ4v) is 4.22. The van der Waals surface area contributed by atoms with Crippen LogP contribution in [0.15, 0.2) is 29.3 Å². The molecule has 0 radical (unpaired) electrons.